The van der Waals surface area contributed by atoms with Crippen molar-refractivity contribution in [2.24, 2.45) is 0 Å². The van der Waals surface area contributed by atoms with Gasteiger partial charge in [0.05, 0.1) is 33.2 Å². The Morgan fingerprint density at radius 1 is 1.30 bits per heavy atom. The minimum atomic E-state index is -0.494. The number of anilines is 1. The number of pyridine rings is 1. The summed E-state index contributed by atoms with van der Waals surface area (Å²) in [7, 11) is 0. The van der Waals surface area contributed by atoms with Crippen LogP contribution in [0.1, 0.15) is 21.6 Å². The van der Waals surface area contributed by atoms with Crippen LogP contribution in [0, 0.1) is 6.92 Å². The van der Waals surface area contributed by atoms with E-state index >= 15 is 0 Å². The third-order valence-corrected chi connectivity index (χ3v) is 5.91. The number of nitrogens with one attached hydrogen (secondary N) is 1. The highest BCUT2D eigenvalue weighted by Gasteiger charge is 2.18. The van der Waals surface area contributed by atoms with Crippen LogP contribution in [0.5, 0.6) is 0 Å². The number of hydrogen-bond acceptors (Lipinski definition) is 5. The minimum Gasteiger partial charge on any atom is -0.456 e. The average Bonchev–Trinajstić information content (AvgIpc) is 2.68. The zero-order valence-electron chi connectivity index (χ0n) is 14.4. The fourth-order valence-electron chi connectivity index (χ4n) is 2.94. The largest absolute Gasteiger partial charge is 0.456 e. The number of carbonyl (C=O) groups is 2. The van der Waals surface area contributed by atoms with Crippen LogP contribution in [0.4, 0.5) is 5.69 Å². The van der Waals surface area contributed by atoms with Gasteiger partial charge in [0.25, 0.3) is 0 Å². The normalized spacial score (nSPS) is 13.2. The maximum absolute atomic E-state index is 12.4. The van der Waals surface area contributed by atoms with E-state index in [-0.39, 0.29) is 12.5 Å². The third-order valence-electron chi connectivity index (χ3n) is 4.33. The summed E-state index contributed by atoms with van der Waals surface area (Å²) in [4.78, 5) is 29.4. The van der Waals surface area contributed by atoms with Crippen LogP contribution in [0.3, 0.4) is 0 Å². The molecule has 0 saturated heterocycles. The van der Waals surface area contributed by atoms with Gasteiger partial charge in [-0.15, -0.1) is 11.8 Å². The SMILES string of the molecule is Cc1c(Cl)c(COC(=O)c2ccc3c(c2)NC(=O)CS3)nc2ccccc12. The first-order valence-electron chi connectivity index (χ1n) is 8.30. The average molecular weight is 399 g/mol. The molecule has 136 valence electrons. The first-order valence-corrected chi connectivity index (χ1v) is 9.67. The van der Waals surface area contributed by atoms with E-state index < -0.39 is 5.97 Å². The molecule has 0 bridgehead atoms. The molecule has 0 fully saturated rings. The Balaban J connectivity index is 1.55. The molecule has 0 saturated carbocycles. The second kappa shape index (κ2) is 7.21. The molecule has 0 radical (unpaired) electrons. The molecule has 5 nitrogen and oxygen atoms in total. The predicted octanol–water partition coefficient (Wildman–Crippen LogP) is 4.60. The molecule has 27 heavy (non-hydrogen) atoms. The number of aryl methyl sites for hydroxylation is 1. The number of thioether (sulfide) groups is 1. The number of para-hydroxylation sites is 1. The van der Waals surface area contributed by atoms with Gasteiger partial charge in [0.2, 0.25) is 5.91 Å². The third kappa shape index (κ3) is 3.50. The zero-order chi connectivity index (χ0) is 19.0. The molecule has 1 N–H and O–H groups in total. The van der Waals surface area contributed by atoms with Gasteiger partial charge in [0.15, 0.2) is 0 Å². The molecular weight excluding hydrogens is 384 g/mol. The minimum absolute atomic E-state index is 0.0263. The Morgan fingerprint density at radius 3 is 2.96 bits per heavy atom. The van der Waals surface area contributed by atoms with Crippen molar-refractivity contribution in [1.29, 1.82) is 0 Å². The van der Waals surface area contributed by atoms with E-state index in [1.807, 2.05) is 31.2 Å². The molecule has 0 aliphatic carbocycles. The fraction of sp³-hybridized carbons (Fsp3) is 0.150. The molecule has 1 aliphatic rings. The van der Waals surface area contributed by atoms with Crippen molar-refractivity contribution >= 4 is 51.8 Å². The van der Waals surface area contributed by atoms with Crippen LogP contribution in [-0.2, 0) is 16.1 Å². The maximum Gasteiger partial charge on any atom is 0.338 e. The Hall–Kier alpha value is -2.57. The number of rotatable bonds is 3. The second-order valence-electron chi connectivity index (χ2n) is 6.14. The van der Waals surface area contributed by atoms with Gasteiger partial charge in [-0.25, -0.2) is 9.78 Å². The van der Waals surface area contributed by atoms with E-state index in [0.29, 0.717) is 27.7 Å². The van der Waals surface area contributed by atoms with Gasteiger partial charge in [-0.1, -0.05) is 29.8 Å². The lowest BCUT2D eigenvalue weighted by atomic mass is 10.1. The number of amides is 1. The van der Waals surface area contributed by atoms with E-state index in [4.69, 9.17) is 16.3 Å². The molecular formula is C20H15ClN2O3S. The molecule has 2 heterocycles. The number of benzene rings is 2. The molecule has 1 aliphatic heterocycles. The molecule has 0 spiro atoms. The van der Waals surface area contributed by atoms with Crippen LogP contribution < -0.4 is 5.32 Å². The van der Waals surface area contributed by atoms with E-state index in [2.05, 4.69) is 10.3 Å². The van der Waals surface area contributed by atoms with Crippen LogP contribution in [0.15, 0.2) is 47.4 Å². The summed E-state index contributed by atoms with van der Waals surface area (Å²) >= 11 is 7.85. The van der Waals surface area contributed by atoms with Gasteiger partial charge in [-0.2, -0.15) is 0 Å². The summed E-state index contributed by atoms with van der Waals surface area (Å²) < 4.78 is 5.41. The monoisotopic (exact) mass is 398 g/mol. The number of hydrogen-bond donors (Lipinski definition) is 1. The van der Waals surface area contributed by atoms with Crippen molar-refractivity contribution in [2.75, 3.05) is 11.1 Å². The standard InChI is InChI=1S/C20H15ClN2O3S/c1-11-13-4-2-3-5-14(13)22-16(19(11)21)9-26-20(25)12-6-7-17-15(8-12)23-18(24)10-27-17/h2-8H,9-10H2,1H3,(H,23,24). The Labute approximate surface area is 165 Å². The van der Waals surface area contributed by atoms with E-state index in [0.717, 1.165) is 21.4 Å². The zero-order valence-corrected chi connectivity index (χ0v) is 16.0. The first kappa shape index (κ1) is 17.8. The van der Waals surface area contributed by atoms with Gasteiger partial charge in [-0.05, 0) is 36.8 Å². The summed E-state index contributed by atoms with van der Waals surface area (Å²) in [5.74, 6) is -0.200. The van der Waals surface area contributed by atoms with Crippen LogP contribution in [-0.4, -0.2) is 22.6 Å². The van der Waals surface area contributed by atoms with E-state index in [9.17, 15) is 9.59 Å². The summed E-state index contributed by atoms with van der Waals surface area (Å²) in [6.07, 6.45) is 0. The highest BCUT2D eigenvalue weighted by atomic mass is 35.5. The smallest absolute Gasteiger partial charge is 0.338 e. The molecule has 0 unspecified atom stereocenters. The topological polar surface area (TPSA) is 68.3 Å². The lowest BCUT2D eigenvalue weighted by Crippen LogP contribution is -2.19. The van der Waals surface area contributed by atoms with Gasteiger partial charge in [0, 0.05) is 10.3 Å². The molecule has 1 aromatic heterocycles. The second-order valence-corrected chi connectivity index (χ2v) is 7.53. The van der Waals surface area contributed by atoms with Crippen molar-refractivity contribution in [3.63, 3.8) is 0 Å². The van der Waals surface area contributed by atoms with Gasteiger partial charge in [-0.3, -0.25) is 4.79 Å². The highest BCUT2D eigenvalue weighted by molar-refractivity contribution is 8.00. The highest BCUT2D eigenvalue weighted by Crippen LogP contribution is 2.32. The van der Waals surface area contributed by atoms with Gasteiger partial charge >= 0.3 is 5.97 Å². The molecule has 4 rings (SSSR count). The van der Waals surface area contributed by atoms with Crippen molar-refractivity contribution in [3.8, 4) is 0 Å². The molecule has 7 heteroatoms. The number of halogens is 1. The van der Waals surface area contributed by atoms with Gasteiger partial charge in [0.1, 0.15) is 6.61 Å². The number of fused-ring (bicyclic) bond motifs is 2. The van der Waals surface area contributed by atoms with Crippen molar-refractivity contribution < 1.29 is 14.3 Å². The number of ether oxygens (including phenoxy) is 1. The lowest BCUT2D eigenvalue weighted by molar-refractivity contribution is -0.113. The number of carbonyl (C=O) groups excluding carboxylic acids is 2. The maximum atomic E-state index is 12.4. The van der Waals surface area contributed by atoms with Crippen molar-refractivity contribution in [1.82, 2.24) is 4.98 Å². The van der Waals surface area contributed by atoms with Gasteiger partial charge < -0.3 is 10.1 Å². The Kier molecular flexibility index (Phi) is 4.76. The molecule has 1 amide bonds. The quantitative estimate of drug-likeness (QED) is 0.653. The summed E-state index contributed by atoms with van der Waals surface area (Å²) in [5, 5.41) is 4.23. The molecule has 3 aromatic rings. The summed E-state index contributed by atoms with van der Waals surface area (Å²) in [6, 6.07) is 12.8. The van der Waals surface area contributed by atoms with Crippen LogP contribution >= 0.6 is 23.4 Å². The Morgan fingerprint density at radius 2 is 2.11 bits per heavy atom. The predicted molar refractivity (Wildman–Crippen MR) is 106 cm³/mol. The van der Waals surface area contributed by atoms with E-state index in [1.165, 1.54) is 11.8 Å². The van der Waals surface area contributed by atoms with Crippen LogP contribution in [0.2, 0.25) is 5.02 Å². The number of nitrogens with zero attached hydrogens (tertiary/aromatic N) is 1. The van der Waals surface area contributed by atoms with Crippen LogP contribution in [0.25, 0.3) is 10.9 Å². The van der Waals surface area contributed by atoms with E-state index in [1.54, 1.807) is 18.2 Å². The first-order chi connectivity index (χ1) is 13.0. The fourth-order valence-corrected chi connectivity index (χ4v) is 3.93. The van der Waals surface area contributed by atoms with Crippen molar-refractivity contribution in [2.45, 2.75) is 18.4 Å². The number of esters is 1. The Bertz CT molecular complexity index is 1080. The summed E-state index contributed by atoms with van der Waals surface area (Å²) in [5.41, 5.74) is 3.22. The summed E-state index contributed by atoms with van der Waals surface area (Å²) in [6.45, 7) is 1.89. The molecule has 0 atom stereocenters. The lowest BCUT2D eigenvalue weighted by Gasteiger charge is -2.16. The number of aromatic nitrogens is 1. The molecule has 2 aromatic carbocycles. The van der Waals surface area contributed by atoms with Crippen molar-refractivity contribution in [3.05, 3.63) is 64.3 Å².